The lowest BCUT2D eigenvalue weighted by Gasteiger charge is -2.34. The molecule has 0 spiro atoms. The Bertz CT molecular complexity index is 456. The van der Waals surface area contributed by atoms with Crippen LogP contribution in [0.5, 0.6) is 5.75 Å². The molecule has 3 N–H and O–H groups in total. The molecule has 5 heteroatoms. The molecule has 0 saturated carbocycles. The second-order valence-electron chi connectivity index (χ2n) is 5.32. The van der Waals surface area contributed by atoms with Gasteiger partial charge in [0.2, 0.25) is 0 Å². The normalized spacial score (nSPS) is 17.5. The largest absolute Gasteiger partial charge is 0.483 e. The molecule has 1 amide bonds. The van der Waals surface area contributed by atoms with Crippen molar-refractivity contribution in [1.82, 2.24) is 5.32 Å². The zero-order valence-corrected chi connectivity index (χ0v) is 11.9. The lowest BCUT2D eigenvalue weighted by Crippen LogP contribution is -2.50. The average molecular weight is 278 g/mol. The van der Waals surface area contributed by atoms with Gasteiger partial charge >= 0.3 is 0 Å². The van der Waals surface area contributed by atoms with Gasteiger partial charge < -0.3 is 20.5 Å². The predicted octanol–water partition coefficient (Wildman–Crippen LogP) is 1.21. The van der Waals surface area contributed by atoms with Crippen LogP contribution in [0.3, 0.4) is 0 Å². The second kappa shape index (κ2) is 6.72. The van der Waals surface area contributed by atoms with Gasteiger partial charge in [-0.3, -0.25) is 4.79 Å². The molecule has 0 aromatic heterocycles. The Balaban J connectivity index is 1.85. The first kappa shape index (κ1) is 14.8. The molecule has 1 fully saturated rings. The molecule has 0 bridgehead atoms. The van der Waals surface area contributed by atoms with E-state index in [1.165, 1.54) is 0 Å². The molecule has 0 unspecified atom stereocenters. The highest BCUT2D eigenvalue weighted by Crippen LogP contribution is 2.20. The summed E-state index contributed by atoms with van der Waals surface area (Å²) in [5, 5.41) is 3.03. The first-order chi connectivity index (χ1) is 9.63. The predicted molar refractivity (Wildman–Crippen MR) is 76.4 cm³/mol. The Morgan fingerprint density at radius 2 is 2.10 bits per heavy atom. The molecule has 1 aliphatic rings. The zero-order valence-electron chi connectivity index (χ0n) is 11.9. The molecule has 110 valence electrons. The van der Waals surface area contributed by atoms with Gasteiger partial charge in [-0.1, -0.05) is 18.2 Å². The maximum absolute atomic E-state index is 12.0. The topological polar surface area (TPSA) is 73.6 Å². The van der Waals surface area contributed by atoms with Crippen LogP contribution in [0.25, 0.3) is 0 Å². The standard InChI is InChI=1S/C15H22N2O3/c1-15(6-8-19-9-7-15)17-14(18)11-20-13-5-3-2-4-12(13)10-16/h2-5H,6-11,16H2,1H3,(H,17,18). The van der Waals surface area contributed by atoms with Crippen molar-refractivity contribution in [3.8, 4) is 5.75 Å². The van der Waals surface area contributed by atoms with E-state index in [0.717, 1.165) is 18.4 Å². The van der Waals surface area contributed by atoms with Gasteiger partial charge in [-0.05, 0) is 25.8 Å². The van der Waals surface area contributed by atoms with E-state index in [0.29, 0.717) is 25.5 Å². The fourth-order valence-electron chi connectivity index (χ4n) is 2.28. The number of rotatable bonds is 5. The number of benzene rings is 1. The number of nitrogens with two attached hydrogens (primary N) is 1. The van der Waals surface area contributed by atoms with Gasteiger partial charge in [0.1, 0.15) is 5.75 Å². The van der Waals surface area contributed by atoms with E-state index in [9.17, 15) is 4.79 Å². The molecule has 1 aromatic carbocycles. The molecule has 0 aliphatic carbocycles. The number of ether oxygens (including phenoxy) is 2. The summed E-state index contributed by atoms with van der Waals surface area (Å²) in [4.78, 5) is 12.0. The summed E-state index contributed by atoms with van der Waals surface area (Å²) in [6.07, 6.45) is 1.66. The van der Waals surface area contributed by atoms with E-state index in [2.05, 4.69) is 5.32 Å². The van der Waals surface area contributed by atoms with E-state index in [1.807, 2.05) is 31.2 Å². The number of carbonyl (C=O) groups excluding carboxylic acids is 1. The van der Waals surface area contributed by atoms with Crippen LogP contribution in [0.4, 0.5) is 0 Å². The average Bonchev–Trinajstić information content (AvgIpc) is 2.45. The lowest BCUT2D eigenvalue weighted by atomic mass is 9.92. The van der Waals surface area contributed by atoms with Crippen LogP contribution < -0.4 is 15.8 Å². The number of amides is 1. The molecule has 1 saturated heterocycles. The molecular formula is C15H22N2O3. The Labute approximate surface area is 119 Å². The zero-order chi connectivity index (χ0) is 14.4. The van der Waals surface area contributed by atoms with Gasteiger partial charge in [0.15, 0.2) is 6.61 Å². The van der Waals surface area contributed by atoms with Gasteiger partial charge in [-0.25, -0.2) is 0 Å². The number of nitrogens with one attached hydrogen (secondary N) is 1. The molecule has 2 rings (SSSR count). The summed E-state index contributed by atoms with van der Waals surface area (Å²) in [7, 11) is 0. The number of carbonyl (C=O) groups is 1. The van der Waals surface area contributed by atoms with Crippen molar-refractivity contribution in [3.63, 3.8) is 0 Å². The molecule has 1 heterocycles. The summed E-state index contributed by atoms with van der Waals surface area (Å²) < 4.78 is 10.9. The van der Waals surface area contributed by atoms with E-state index < -0.39 is 0 Å². The summed E-state index contributed by atoms with van der Waals surface area (Å²) in [5.41, 5.74) is 6.35. The Morgan fingerprint density at radius 3 is 2.80 bits per heavy atom. The van der Waals surface area contributed by atoms with Crippen LogP contribution in [-0.4, -0.2) is 31.3 Å². The fraction of sp³-hybridized carbons (Fsp3) is 0.533. The highest BCUT2D eigenvalue weighted by Gasteiger charge is 2.28. The van der Waals surface area contributed by atoms with Gasteiger partial charge in [0, 0.05) is 30.9 Å². The number of hydrogen-bond donors (Lipinski definition) is 2. The summed E-state index contributed by atoms with van der Waals surface area (Å²) in [6, 6.07) is 7.49. The Hall–Kier alpha value is -1.59. The van der Waals surface area contributed by atoms with Crippen molar-refractivity contribution in [3.05, 3.63) is 29.8 Å². The first-order valence-electron chi connectivity index (χ1n) is 6.92. The van der Waals surface area contributed by atoms with Crippen LogP contribution in [0.15, 0.2) is 24.3 Å². The van der Waals surface area contributed by atoms with E-state index in [-0.39, 0.29) is 18.1 Å². The molecular weight excluding hydrogens is 256 g/mol. The minimum atomic E-state index is -0.188. The molecule has 1 aliphatic heterocycles. The van der Waals surface area contributed by atoms with Gasteiger partial charge in [0.25, 0.3) is 5.91 Å². The molecule has 0 atom stereocenters. The number of hydrogen-bond acceptors (Lipinski definition) is 4. The molecule has 5 nitrogen and oxygen atoms in total. The Kier molecular flexibility index (Phi) is 4.98. The summed E-state index contributed by atoms with van der Waals surface area (Å²) >= 11 is 0. The summed E-state index contributed by atoms with van der Waals surface area (Å²) in [6.45, 7) is 3.82. The van der Waals surface area contributed by atoms with Gasteiger partial charge in [-0.2, -0.15) is 0 Å². The molecule has 1 aromatic rings. The van der Waals surface area contributed by atoms with E-state index in [4.69, 9.17) is 15.2 Å². The Morgan fingerprint density at radius 1 is 1.40 bits per heavy atom. The smallest absolute Gasteiger partial charge is 0.258 e. The monoisotopic (exact) mass is 278 g/mol. The highest BCUT2D eigenvalue weighted by atomic mass is 16.5. The maximum atomic E-state index is 12.0. The van der Waals surface area contributed by atoms with Crippen molar-refractivity contribution >= 4 is 5.91 Å². The van der Waals surface area contributed by atoms with Crippen LogP contribution >= 0.6 is 0 Å². The van der Waals surface area contributed by atoms with Crippen molar-refractivity contribution in [1.29, 1.82) is 0 Å². The quantitative estimate of drug-likeness (QED) is 0.849. The van der Waals surface area contributed by atoms with E-state index in [1.54, 1.807) is 0 Å². The maximum Gasteiger partial charge on any atom is 0.258 e. The van der Waals surface area contributed by atoms with Crippen molar-refractivity contribution in [2.75, 3.05) is 19.8 Å². The van der Waals surface area contributed by atoms with Crippen LogP contribution in [0, 0.1) is 0 Å². The minimum Gasteiger partial charge on any atom is -0.483 e. The SMILES string of the molecule is CC1(NC(=O)COc2ccccc2CN)CCOCC1. The third-order valence-corrected chi connectivity index (χ3v) is 3.59. The first-order valence-corrected chi connectivity index (χ1v) is 6.92. The molecule has 0 radical (unpaired) electrons. The van der Waals surface area contributed by atoms with Crippen LogP contribution in [0.1, 0.15) is 25.3 Å². The van der Waals surface area contributed by atoms with Crippen molar-refractivity contribution in [2.45, 2.75) is 31.8 Å². The lowest BCUT2D eigenvalue weighted by molar-refractivity contribution is -0.126. The fourth-order valence-corrected chi connectivity index (χ4v) is 2.28. The molecule has 20 heavy (non-hydrogen) atoms. The van der Waals surface area contributed by atoms with E-state index >= 15 is 0 Å². The highest BCUT2D eigenvalue weighted by molar-refractivity contribution is 5.78. The summed E-state index contributed by atoms with van der Waals surface area (Å²) in [5.74, 6) is 0.559. The van der Waals surface area contributed by atoms with Crippen molar-refractivity contribution < 1.29 is 14.3 Å². The minimum absolute atomic E-state index is 0.00740. The van der Waals surface area contributed by atoms with Gasteiger partial charge in [-0.15, -0.1) is 0 Å². The van der Waals surface area contributed by atoms with Crippen LogP contribution in [-0.2, 0) is 16.1 Å². The van der Waals surface area contributed by atoms with Gasteiger partial charge in [0.05, 0.1) is 0 Å². The number of para-hydroxylation sites is 1. The van der Waals surface area contributed by atoms with Crippen LogP contribution in [0.2, 0.25) is 0 Å². The second-order valence-corrected chi connectivity index (χ2v) is 5.32. The third-order valence-electron chi connectivity index (χ3n) is 3.59. The third kappa shape index (κ3) is 3.95. The van der Waals surface area contributed by atoms with Crippen molar-refractivity contribution in [2.24, 2.45) is 5.73 Å².